The molecule has 2 aromatic rings. The van der Waals surface area contributed by atoms with E-state index >= 15 is 0 Å². The lowest BCUT2D eigenvalue weighted by atomic mass is 10.3. The molecule has 3 nitrogen and oxygen atoms in total. The van der Waals surface area contributed by atoms with E-state index in [0.717, 1.165) is 15.6 Å². The van der Waals surface area contributed by atoms with Gasteiger partial charge in [0.15, 0.2) is 0 Å². The Morgan fingerprint density at radius 3 is 2.76 bits per heavy atom. The second kappa shape index (κ2) is 5.12. The first-order valence-corrected chi connectivity index (χ1v) is 6.46. The molecule has 2 rings (SSSR count). The molecule has 17 heavy (non-hydrogen) atoms. The minimum Gasteiger partial charge on any atom is -0.477 e. The molecule has 0 unspecified atom stereocenters. The number of carbonyl (C=O) groups is 1. The summed E-state index contributed by atoms with van der Waals surface area (Å²) in [5, 5.41) is 9.42. The number of thiophene rings is 1. The Morgan fingerprint density at radius 2 is 2.18 bits per heavy atom. The quantitative estimate of drug-likeness (QED) is 0.930. The first-order valence-electron chi connectivity index (χ1n) is 4.89. The summed E-state index contributed by atoms with van der Waals surface area (Å²) in [4.78, 5) is 12.1. The van der Waals surface area contributed by atoms with Crippen LogP contribution in [-0.2, 0) is 13.0 Å². The van der Waals surface area contributed by atoms with Crippen LogP contribution in [0.4, 0.5) is 0 Å². The third-order valence-corrected chi connectivity index (χ3v) is 3.81. The van der Waals surface area contributed by atoms with Gasteiger partial charge in [0.05, 0.1) is 9.36 Å². The van der Waals surface area contributed by atoms with Gasteiger partial charge in [0.2, 0.25) is 0 Å². The smallest absolute Gasteiger partial charge is 0.352 e. The van der Waals surface area contributed by atoms with Crippen LogP contribution in [0.2, 0.25) is 9.36 Å². The molecule has 1 N–H and O–H groups in total. The Balaban J connectivity index is 2.11. The first kappa shape index (κ1) is 12.5. The zero-order valence-electron chi connectivity index (χ0n) is 8.69. The molecule has 2 heterocycles. The monoisotopic (exact) mass is 289 g/mol. The number of carboxylic acid groups (broad SMARTS) is 1. The number of hydrogen-bond donors (Lipinski definition) is 1. The summed E-state index contributed by atoms with van der Waals surface area (Å²) in [6.07, 6.45) is 2.36. The highest BCUT2D eigenvalue weighted by Crippen LogP contribution is 2.23. The number of aryl methyl sites for hydroxylation is 2. The topological polar surface area (TPSA) is 42.2 Å². The number of rotatable bonds is 4. The van der Waals surface area contributed by atoms with Gasteiger partial charge in [-0.2, -0.15) is 0 Å². The maximum absolute atomic E-state index is 11.0. The molecule has 0 aliphatic heterocycles. The highest BCUT2D eigenvalue weighted by Gasteiger charge is 2.11. The molecular formula is C11H9Cl2NO2S. The van der Waals surface area contributed by atoms with Crippen LogP contribution in [0.15, 0.2) is 24.4 Å². The lowest BCUT2D eigenvalue weighted by Gasteiger charge is -2.04. The largest absolute Gasteiger partial charge is 0.477 e. The van der Waals surface area contributed by atoms with Gasteiger partial charge in [-0.1, -0.05) is 23.2 Å². The van der Waals surface area contributed by atoms with E-state index < -0.39 is 5.97 Å². The van der Waals surface area contributed by atoms with Gasteiger partial charge in [0.25, 0.3) is 0 Å². The second-order valence-electron chi connectivity index (χ2n) is 3.50. The molecule has 0 saturated heterocycles. The molecule has 6 heteroatoms. The molecule has 0 aliphatic rings. The number of nitrogens with zero attached hydrogens (tertiary/aromatic N) is 1. The van der Waals surface area contributed by atoms with Crippen molar-refractivity contribution in [2.75, 3.05) is 0 Å². The Morgan fingerprint density at radius 1 is 1.41 bits per heavy atom. The molecule has 0 fully saturated rings. The predicted octanol–water partition coefficient (Wildman–Crippen LogP) is 3.80. The van der Waals surface area contributed by atoms with Crippen molar-refractivity contribution in [1.82, 2.24) is 4.57 Å². The standard InChI is InChI=1S/C11H9Cl2NO2S/c12-7-5-9(11(15)16)14(6-7)4-3-8-1-2-10(13)17-8/h1-2,5-6H,3-4H2,(H,15,16). The van der Waals surface area contributed by atoms with Crippen molar-refractivity contribution in [2.24, 2.45) is 0 Å². The van der Waals surface area contributed by atoms with Crippen LogP contribution in [0.25, 0.3) is 0 Å². The van der Waals surface area contributed by atoms with Crippen molar-refractivity contribution in [1.29, 1.82) is 0 Å². The predicted molar refractivity (Wildman–Crippen MR) is 69.4 cm³/mol. The van der Waals surface area contributed by atoms with Crippen LogP contribution >= 0.6 is 34.5 Å². The van der Waals surface area contributed by atoms with Crippen molar-refractivity contribution in [3.63, 3.8) is 0 Å². The molecule has 90 valence electrons. The van der Waals surface area contributed by atoms with Crippen LogP contribution in [0.1, 0.15) is 15.4 Å². The first-order chi connectivity index (χ1) is 8.06. The van der Waals surface area contributed by atoms with Crippen LogP contribution in [0, 0.1) is 0 Å². The number of hydrogen-bond acceptors (Lipinski definition) is 2. The maximum Gasteiger partial charge on any atom is 0.352 e. The number of aromatic nitrogens is 1. The molecule has 0 spiro atoms. The fourth-order valence-electron chi connectivity index (χ4n) is 1.56. The Hall–Kier alpha value is -0.970. The van der Waals surface area contributed by atoms with Crippen molar-refractivity contribution in [2.45, 2.75) is 13.0 Å². The van der Waals surface area contributed by atoms with E-state index in [0.29, 0.717) is 11.6 Å². The van der Waals surface area contributed by atoms with E-state index in [2.05, 4.69) is 0 Å². The van der Waals surface area contributed by atoms with E-state index in [1.807, 2.05) is 12.1 Å². The van der Waals surface area contributed by atoms with Gasteiger partial charge in [-0.05, 0) is 24.6 Å². The zero-order chi connectivity index (χ0) is 12.4. The number of halogens is 2. The molecule has 0 aliphatic carbocycles. The molecule has 2 aromatic heterocycles. The van der Waals surface area contributed by atoms with Gasteiger partial charge >= 0.3 is 5.97 Å². The molecule has 0 saturated carbocycles. The fourth-order valence-corrected chi connectivity index (χ4v) is 2.85. The zero-order valence-corrected chi connectivity index (χ0v) is 11.0. The molecule has 0 radical (unpaired) electrons. The number of carboxylic acids is 1. The summed E-state index contributed by atoms with van der Waals surface area (Å²) in [5.74, 6) is -0.971. The van der Waals surface area contributed by atoms with Crippen LogP contribution in [0.3, 0.4) is 0 Å². The molecular weight excluding hydrogens is 281 g/mol. The van der Waals surface area contributed by atoms with Gasteiger partial charge < -0.3 is 9.67 Å². The SMILES string of the molecule is O=C(O)c1cc(Cl)cn1CCc1ccc(Cl)s1. The molecule has 0 aromatic carbocycles. The van der Waals surface area contributed by atoms with E-state index in [4.69, 9.17) is 28.3 Å². The van der Waals surface area contributed by atoms with Gasteiger partial charge in [0, 0.05) is 17.6 Å². The van der Waals surface area contributed by atoms with Gasteiger partial charge in [0.1, 0.15) is 5.69 Å². The van der Waals surface area contributed by atoms with Gasteiger partial charge in [-0.25, -0.2) is 4.79 Å². The Kier molecular flexibility index (Phi) is 3.76. The van der Waals surface area contributed by atoms with Crippen LogP contribution in [0.5, 0.6) is 0 Å². The summed E-state index contributed by atoms with van der Waals surface area (Å²) in [7, 11) is 0. The molecule has 0 amide bonds. The summed E-state index contributed by atoms with van der Waals surface area (Å²) in [6.45, 7) is 0.575. The summed E-state index contributed by atoms with van der Waals surface area (Å²) >= 11 is 13.1. The molecule has 0 bridgehead atoms. The highest BCUT2D eigenvalue weighted by atomic mass is 35.5. The summed E-state index contributed by atoms with van der Waals surface area (Å²) < 4.78 is 2.38. The lowest BCUT2D eigenvalue weighted by Crippen LogP contribution is -2.08. The number of aromatic carboxylic acids is 1. The average molecular weight is 290 g/mol. The van der Waals surface area contributed by atoms with Crippen molar-refractivity contribution >= 4 is 40.5 Å². The van der Waals surface area contributed by atoms with Gasteiger partial charge in [-0.15, -0.1) is 11.3 Å². The van der Waals surface area contributed by atoms with Crippen LogP contribution < -0.4 is 0 Å². The normalized spacial score (nSPS) is 10.7. The maximum atomic E-state index is 11.0. The van der Waals surface area contributed by atoms with E-state index in [1.165, 1.54) is 17.4 Å². The lowest BCUT2D eigenvalue weighted by molar-refractivity contribution is 0.0685. The van der Waals surface area contributed by atoms with E-state index in [9.17, 15) is 4.79 Å². The van der Waals surface area contributed by atoms with Crippen molar-refractivity contribution < 1.29 is 9.90 Å². The summed E-state index contributed by atoms with van der Waals surface area (Å²) in [5.41, 5.74) is 0.206. The minimum atomic E-state index is -0.971. The second-order valence-corrected chi connectivity index (χ2v) is 5.73. The van der Waals surface area contributed by atoms with Crippen molar-refractivity contribution in [3.8, 4) is 0 Å². The minimum absolute atomic E-state index is 0.206. The van der Waals surface area contributed by atoms with Crippen LogP contribution in [-0.4, -0.2) is 15.6 Å². The van der Waals surface area contributed by atoms with Crippen molar-refractivity contribution in [3.05, 3.63) is 44.3 Å². The third kappa shape index (κ3) is 3.03. The summed E-state index contributed by atoms with van der Waals surface area (Å²) in [6, 6.07) is 5.23. The third-order valence-electron chi connectivity index (χ3n) is 2.31. The average Bonchev–Trinajstić information content (AvgIpc) is 2.82. The highest BCUT2D eigenvalue weighted by molar-refractivity contribution is 7.16. The molecule has 0 atom stereocenters. The van der Waals surface area contributed by atoms with E-state index in [1.54, 1.807) is 10.8 Å². The van der Waals surface area contributed by atoms with Gasteiger partial charge in [-0.3, -0.25) is 0 Å². The van der Waals surface area contributed by atoms with E-state index in [-0.39, 0.29) is 5.69 Å². The fraction of sp³-hybridized carbons (Fsp3) is 0.182. The Labute approximate surface area is 112 Å². The Bertz CT molecular complexity index is 547.